The van der Waals surface area contributed by atoms with Gasteiger partial charge in [-0.3, -0.25) is 4.31 Å². The minimum absolute atomic E-state index is 0.0313. The van der Waals surface area contributed by atoms with Crippen LogP contribution in [0.5, 0.6) is 0 Å². The minimum atomic E-state index is -4.17. The molecule has 0 aliphatic heterocycles. The first-order chi connectivity index (χ1) is 12.1. The molecule has 2 rings (SSSR count). The van der Waals surface area contributed by atoms with Crippen LogP contribution in [0.2, 0.25) is 5.02 Å². The van der Waals surface area contributed by atoms with Gasteiger partial charge in [-0.1, -0.05) is 29.3 Å². The third-order valence-corrected chi connectivity index (χ3v) is 7.07. The van der Waals surface area contributed by atoms with E-state index < -0.39 is 19.9 Å². The van der Waals surface area contributed by atoms with Gasteiger partial charge in [-0.25, -0.2) is 16.8 Å². The second kappa shape index (κ2) is 7.66. The van der Waals surface area contributed by atoms with Crippen molar-refractivity contribution in [2.45, 2.75) is 23.1 Å². The molecule has 9 heteroatoms. The van der Waals surface area contributed by atoms with Crippen molar-refractivity contribution in [2.75, 3.05) is 17.1 Å². The van der Waals surface area contributed by atoms with Crippen LogP contribution in [0.4, 0.5) is 5.69 Å². The Hall–Kier alpha value is -2.08. The molecule has 0 amide bonds. The standard InChI is InChI=1S/C17H17ClN2O4S2/c1-13-4-6-14(7-5-13)20(11-3-10-19)26(23,24)17-12-15(25(2,21)22)8-9-16(17)18/h4-9,12H,3,11H2,1-2H3. The van der Waals surface area contributed by atoms with E-state index in [2.05, 4.69) is 0 Å². The summed E-state index contributed by atoms with van der Waals surface area (Å²) in [7, 11) is -7.78. The molecule has 0 bridgehead atoms. The van der Waals surface area contributed by atoms with E-state index in [-0.39, 0.29) is 27.8 Å². The van der Waals surface area contributed by atoms with Crippen molar-refractivity contribution in [3.63, 3.8) is 0 Å². The molecule has 6 nitrogen and oxygen atoms in total. The molecule has 0 heterocycles. The highest BCUT2D eigenvalue weighted by atomic mass is 35.5. The average molecular weight is 413 g/mol. The van der Waals surface area contributed by atoms with Crippen molar-refractivity contribution in [1.82, 2.24) is 0 Å². The van der Waals surface area contributed by atoms with Gasteiger partial charge in [0, 0.05) is 12.8 Å². The number of rotatable bonds is 6. The number of hydrogen-bond acceptors (Lipinski definition) is 5. The summed E-state index contributed by atoms with van der Waals surface area (Å²) in [5.41, 5.74) is 1.31. The monoisotopic (exact) mass is 412 g/mol. The molecule has 0 radical (unpaired) electrons. The lowest BCUT2D eigenvalue weighted by Gasteiger charge is -2.24. The molecule has 0 aliphatic carbocycles. The second-order valence-electron chi connectivity index (χ2n) is 5.69. The van der Waals surface area contributed by atoms with Crippen LogP contribution in [0, 0.1) is 18.3 Å². The van der Waals surface area contributed by atoms with Gasteiger partial charge in [0.2, 0.25) is 0 Å². The molecule has 0 unspecified atom stereocenters. The van der Waals surface area contributed by atoms with Gasteiger partial charge in [-0.05, 0) is 37.3 Å². The molecule has 0 saturated heterocycles. The van der Waals surface area contributed by atoms with Gasteiger partial charge >= 0.3 is 0 Å². The highest BCUT2D eigenvalue weighted by Gasteiger charge is 2.28. The van der Waals surface area contributed by atoms with Crippen molar-refractivity contribution in [3.8, 4) is 6.07 Å². The molecule has 0 atom stereocenters. The number of anilines is 1. The molecule has 0 spiro atoms. The van der Waals surface area contributed by atoms with E-state index in [9.17, 15) is 16.8 Å². The molecule has 0 N–H and O–H groups in total. The lowest BCUT2D eigenvalue weighted by molar-refractivity contribution is 0.590. The first kappa shape index (κ1) is 20.2. The van der Waals surface area contributed by atoms with Gasteiger partial charge in [-0.2, -0.15) is 5.26 Å². The summed E-state index contributed by atoms with van der Waals surface area (Å²) >= 11 is 6.06. The Morgan fingerprint density at radius 3 is 2.23 bits per heavy atom. The Morgan fingerprint density at radius 1 is 1.08 bits per heavy atom. The van der Waals surface area contributed by atoms with Gasteiger partial charge in [-0.15, -0.1) is 0 Å². The third-order valence-electron chi connectivity index (χ3n) is 3.65. The van der Waals surface area contributed by atoms with Crippen molar-refractivity contribution in [1.29, 1.82) is 5.26 Å². The number of benzene rings is 2. The van der Waals surface area contributed by atoms with Gasteiger partial charge in [0.25, 0.3) is 10.0 Å². The zero-order valence-electron chi connectivity index (χ0n) is 14.2. The lowest BCUT2D eigenvalue weighted by atomic mass is 10.2. The second-order valence-corrected chi connectivity index (χ2v) is 9.94. The van der Waals surface area contributed by atoms with E-state index in [1.165, 1.54) is 12.1 Å². The summed E-state index contributed by atoms with van der Waals surface area (Å²) in [6.45, 7) is 1.78. The maximum absolute atomic E-state index is 13.2. The Labute approximate surface area is 158 Å². The molecule has 0 fully saturated rings. The smallest absolute Gasteiger partial charge is 0.265 e. The number of halogens is 1. The molecule has 0 aromatic heterocycles. The van der Waals surface area contributed by atoms with Crippen LogP contribution in [0.15, 0.2) is 52.3 Å². The summed E-state index contributed by atoms with van der Waals surface area (Å²) in [6, 6.07) is 12.2. The number of sulfone groups is 1. The average Bonchev–Trinajstić information content (AvgIpc) is 2.55. The third kappa shape index (κ3) is 4.36. The Kier molecular flexibility index (Phi) is 5.96. The minimum Gasteiger partial charge on any atom is -0.265 e. The van der Waals surface area contributed by atoms with Crippen molar-refractivity contribution in [3.05, 3.63) is 53.1 Å². The van der Waals surface area contributed by atoms with Crippen LogP contribution in [0.25, 0.3) is 0 Å². The van der Waals surface area contributed by atoms with Crippen LogP contribution < -0.4 is 4.31 Å². The molecule has 0 aliphatic rings. The summed E-state index contributed by atoms with van der Waals surface area (Å²) < 4.78 is 50.9. The van der Waals surface area contributed by atoms with Crippen molar-refractivity contribution < 1.29 is 16.8 Å². The fourth-order valence-corrected chi connectivity index (χ4v) is 4.97. The van der Waals surface area contributed by atoms with E-state index in [1.54, 1.807) is 24.3 Å². The highest BCUT2D eigenvalue weighted by molar-refractivity contribution is 7.93. The fourth-order valence-electron chi connectivity index (χ4n) is 2.28. The van der Waals surface area contributed by atoms with E-state index >= 15 is 0 Å². The van der Waals surface area contributed by atoms with E-state index in [1.807, 2.05) is 13.0 Å². The van der Waals surface area contributed by atoms with Crippen LogP contribution in [0.3, 0.4) is 0 Å². The zero-order chi connectivity index (χ0) is 19.5. The van der Waals surface area contributed by atoms with Crippen LogP contribution in [-0.4, -0.2) is 29.6 Å². The van der Waals surface area contributed by atoms with Crippen LogP contribution in [-0.2, 0) is 19.9 Å². The lowest BCUT2D eigenvalue weighted by Crippen LogP contribution is -2.32. The normalized spacial score (nSPS) is 11.8. The van der Waals surface area contributed by atoms with Gasteiger partial charge < -0.3 is 0 Å². The molecule has 2 aromatic carbocycles. The van der Waals surface area contributed by atoms with E-state index in [4.69, 9.17) is 16.9 Å². The zero-order valence-corrected chi connectivity index (χ0v) is 16.6. The first-order valence-corrected chi connectivity index (χ1v) is 11.2. The molecule has 2 aromatic rings. The Bertz CT molecular complexity index is 1060. The Morgan fingerprint density at radius 2 is 1.69 bits per heavy atom. The summed E-state index contributed by atoms with van der Waals surface area (Å²) in [5.74, 6) is 0. The van der Waals surface area contributed by atoms with Crippen LogP contribution >= 0.6 is 11.6 Å². The van der Waals surface area contributed by atoms with Crippen LogP contribution in [0.1, 0.15) is 12.0 Å². The van der Waals surface area contributed by atoms with E-state index in [0.717, 1.165) is 22.2 Å². The summed E-state index contributed by atoms with van der Waals surface area (Å²) in [6.07, 6.45) is 0.955. The maximum Gasteiger partial charge on any atom is 0.265 e. The number of nitrogens with zero attached hydrogens (tertiary/aromatic N) is 2. The fraction of sp³-hybridized carbons (Fsp3) is 0.235. The Balaban J connectivity index is 2.64. The highest BCUT2D eigenvalue weighted by Crippen LogP contribution is 2.30. The molecule has 138 valence electrons. The summed E-state index contributed by atoms with van der Waals surface area (Å²) in [4.78, 5) is -0.467. The SMILES string of the molecule is Cc1ccc(N(CCC#N)S(=O)(=O)c2cc(S(C)(=O)=O)ccc2Cl)cc1. The number of sulfonamides is 1. The van der Waals surface area contributed by atoms with Gasteiger partial charge in [0.05, 0.1) is 28.1 Å². The predicted molar refractivity (Wildman–Crippen MR) is 101 cm³/mol. The number of hydrogen-bond donors (Lipinski definition) is 0. The van der Waals surface area contributed by atoms with Gasteiger partial charge in [0.1, 0.15) is 4.90 Å². The number of nitriles is 1. The van der Waals surface area contributed by atoms with E-state index in [0.29, 0.717) is 5.69 Å². The topological polar surface area (TPSA) is 95.3 Å². The molecule has 26 heavy (non-hydrogen) atoms. The first-order valence-electron chi connectivity index (χ1n) is 7.53. The maximum atomic E-state index is 13.2. The van der Waals surface area contributed by atoms with Crippen molar-refractivity contribution >= 4 is 37.1 Å². The molecular formula is C17H17ClN2O4S2. The summed E-state index contributed by atoms with van der Waals surface area (Å²) in [5, 5.41) is 8.78. The van der Waals surface area contributed by atoms with Gasteiger partial charge in [0.15, 0.2) is 9.84 Å². The molecule has 0 saturated carbocycles. The van der Waals surface area contributed by atoms with Crippen molar-refractivity contribution in [2.24, 2.45) is 0 Å². The number of aryl methyl sites for hydroxylation is 1. The quantitative estimate of drug-likeness (QED) is 0.726. The molecular weight excluding hydrogens is 396 g/mol. The largest absolute Gasteiger partial charge is 0.265 e. The predicted octanol–water partition coefficient (Wildman–Crippen LogP) is 3.16.